The summed E-state index contributed by atoms with van der Waals surface area (Å²) in [4.78, 5) is 24.2. The van der Waals surface area contributed by atoms with Crippen LogP contribution in [0, 0.1) is 17.8 Å². The standard InChI is InChI=1S/C27H38O6/c28-18-21(19-29)16-23(31)10-6-1-2-7-11-24-25(27(33)17-26(24)32)15-14-22(30)13-12-20-8-4-3-5-9-20/h2-5,7-9,14-15,21-22,24-26,28-30,32H,1,6,10-13,16-19H2/t22-,24+,25+,26-/m0/s1. The molecule has 0 saturated heterocycles. The number of carbonyl (C=O) groups is 2. The van der Waals surface area contributed by atoms with E-state index in [1.54, 1.807) is 12.2 Å². The highest BCUT2D eigenvalue weighted by Crippen LogP contribution is 2.33. The number of benzene rings is 1. The van der Waals surface area contributed by atoms with Gasteiger partial charge in [0.2, 0.25) is 0 Å². The van der Waals surface area contributed by atoms with E-state index in [1.165, 1.54) is 0 Å². The van der Waals surface area contributed by atoms with Gasteiger partial charge < -0.3 is 20.4 Å². The van der Waals surface area contributed by atoms with Gasteiger partial charge in [-0.2, -0.15) is 0 Å². The van der Waals surface area contributed by atoms with Crippen LogP contribution in [0.25, 0.3) is 0 Å². The molecule has 6 heteroatoms. The number of aliphatic hydroxyl groups excluding tert-OH is 4. The third-order valence-electron chi connectivity index (χ3n) is 6.28. The lowest BCUT2D eigenvalue weighted by Crippen LogP contribution is -2.19. The molecule has 1 aliphatic carbocycles. The molecule has 1 aromatic carbocycles. The van der Waals surface area contributed by atoms with Gasteiger partial charge in [-0.15, -0.1) is 0 Å². The second-order valence-corrected chi connectivity index (χ2v) is 8.98. The Kier molecular flexibility index (Phi) is 12.3. The van der Waals surface area contributed by atoms with Crippen LogP contribution in [0.15, 0.2) is 54.6 Å². The lowest BCUT2D eigenvalue weighted by atomic mass is 9.90. The molecule has 2 rings (SSSR count). The van der Waals surface area contributed by atoms with Crippen LogP contribution in [0.3, 0.4) is 0 Å². The SMILES string of the molecule is O=C(CCCC=CC[C@H]1[C@@H](O)CC(=O)[C@@H]1C=C[C@@H](O)CCc1ccccc1)CC(CO)CO. The first-order chi connectivity index (χ1) is 15.9. The zero-order valence-electron chi connectivity index (χ0n) is 19.3. The monoisotopic (exact) mass is 458 g/mol. The Morgan fingerprint density at radius 2 is 1.85 bits per heavy atom. The maximum Gasteiger partial charge on any atom is 0.142 e. The first-order valence-corrected chi connectivity index (χ1v) is 11.9. The van der Waals surface area contributed by atoms with Crippen molar-refractivity contribution in [2.24, 2.45) is 17.8 Å². The van der Waals surface area contributed by atoms with Crippen molar-refractivity contribution in [2.75, 3.05) is 13.2 Å². The van der Waals surface area contributed by atoms with Crippen molar-refractivity contribution >= 4 is 11.6 Å². The molecule has 4 N–H and O–H groups in total. The van der Waals surface area contributed by atoms with E-state index < -0.39 is 18.1 Å². The minimum absolute atomic E-state index is 0.000303. The van der Waals surface area contributed by atoms with E-state index in [4.69, 9.17) is 10.2 Å². The van der Waals surface area contributed by atoms with Crippen LogP contribution >= 0.6 is 0 Å². The Morgan fingerprint density at radius 1 is 1.12 bits per heavy atom. The number of hydrogen-bond donors (Lipinski definition) is 4. The molecule has 1 aromatic rings. The zero-order valence-corrected chi connectivity index (χ0v) is 19.3. The van der Waals surface area contributed by atoms with Gasteiger partial charge in [-0.05, 0) is 37.7 Å². The average molecular weight is 459 g/mol. The largest absolute Gasteiger partial charge is 0.396 e. The predicted octanol–water partition coefficient (Wildman–Crippen LogP) is 2.78. The minimum atomic E-state index is -0.686. The van der Waals surface area contributed by atoms with Gasteiger partial charge in [-0.3, -0.25) is 9.59 Å². The highest BCUT2D eigenvalue weighted by molar-refractivity contribution is 5.86. The Morgan fingerprint density at radius 3 is 2.55 bits per heavy atom. The maximum absolute atomic E-state index is 12.3. The van der Waals surface area contributed by atoms with Gasteiger partial charge in [-0.25, -0.2) is 0 Å². The summed E-state index contributed by atoms with van der Waals surface area (Å²) < 4.78 is 0. The third-order valence-corrected chi connectivity index (χ3v) is 6.28. The molecular weight excluding hydrogens is 420 g/mol. The van der Waals surface area contributed by atoms with Crippen LogP contribution in [-0.4, -0.2) is 57.4 Å². The molecule has 0 aromatic heterocycles. The molecule has 1 saturated carbocycles. The molecule has 6 nitrogen and oxygen atoms in total. The second kappa shape index (κ2) is 14.9. The van der Waals surface area contributed by atoms with Crippen molar-refractivity contribution in [1.29, 1.82) is 0 Å². The Balaban J connectivity index is 1.75. The number of aliphatic hydroxyl groups is 4. The van der Waals surface area contributed by atoms with Gasteiger partial charge in [0.05, 0.1) is 12.2 Å². The number of rotatable bonds is 15. The second-order valence-electron chi connectivity index (χ2n) is 8.98. The summed E-state index contributed by atoms with van der Waals surface area (Å²) >= 11 is 0. The molecule has 4 atom stereocenters. The molecule has 0 spiro atoms. The Bertz CT molecular complexity index is 768. The smallest absolute Gasteiger partial charge is 0.142 e. The fourth-order valence-electron chi connectivity index (χ4n) is 4.23. The number of hydrogen-bond acceptors (Lipinski definition) is 6. The van der Waals surface area contributed by atoms with E-state index in [0.717, 1.165) is 12.0 Å². The van der Waals surface area contributed by atoms with Crippen LogP contribution in [0.4, 0.5) is 0 Å². The summed E-state index contributed by atoms with van der Waals surface area (Å²) in [6.45, 7) is -0.380. The first kappa shape index (κ1) is 27.1. The summed E-state index contributed by atoms with van der Waals surface area (Å²) in [6.07, 6.45) is 10.0. The van der Waals surface area contributed by atoms with E-state index in [1.807, 2.05) is 42.5 Å². The molecule has 0 heterocycles. The molecule has 1 aliphatic rings. The molecule has 0 aliphatic heterocycles. The molecule has 0 bridgehead atoms. The highest BCUT2D eigenvalue weighted by atomic mass is 16.3. The van der Waals surface area contributed by atoms with Crippen LogP contribution in [0.2, 0.25) is 0 Å². The van der Waals surface area contributed by atoms with Crippen molar-refractivity contribution in [3.8, 4) is 0 Å². The molecule has 0 unspecified atom stereocenters. The molecule has 33 heavy (non-hydrogen) atoms. The van der Waals surface area contributed by atoms with Crippen molar-refractivity contribution in [2.45, 2.75) is 63.6 Å². The number of unbranched alkanes of at least 4 members (excludes halogenated alkanes) is 1. The normalized spacial score (nSPS) is 22.1. The van der Waals surface area contributed by atoms with E-state index in [-0.39, 0.29) is 49.5 Å². The van der Waals surface area contributed by atoms with E-state index in [2.05, 4.69) is 0 Å². The Hall–Kier alpha value is -2.12. The lowest BCUT2D eigenvalue weighted by molar-refractivity contribution is -0.121. The number of carbonyl (C=O) groups excluding carboxylic acids is 2. The first-order valence-electron chi connectivity index (χ1n) is 11.9. The molecule has 1 fully saturated rings. The molecule has 182 valence electrons. The van der Waals surface area contributed by atoms with Crippen LogP contribution in [0.5, 0.6) is 0 Å². The lowest BCUT2D eigenvalue weighted by Gasteiger charge is -2.17. The van der Waals surface area contributed by atoms with Gasteiger partial charge in [0.1, 0.15) is 11.6 Å². The van der Waals surface area contributed by atoms with Gasteiger partial charge in [0.15, 0.2) is 0 Å². The molecule has 0 radical (unpaired) electrons. The van der Waals surface area contributed by atoms with E-state index in [9.17, 15) is 19.8 Å². The Labute approximate surface area is 196 Å². The fourth-order valence-corrected chi connectivity index (χ4v) is 4.23. The summed E-state index contributed by atoms with van der Waals surface area (Å²) in [7, 11) is 0. The predicted molar refractivity (Wildman–Crippen MR) is 127 cm³/mol. The minimum Gasteiger partial charge on any atom is -0.396 e. The van der Waals surface area contributed by atoms with Gasteiger partial charge >= 0.3 is 0 Å². The van der Waals surface area contributed by atoms with Crippen LogP contribution in [0.1, 0.15) is 50.5 Å². The van der Waals surface area contributed by atoms with E-state index >= 15 is 0 Å². The van der Waals surface area contributed by atoms with Crippen LogP contribution in [-0.2, 0) is 16.0 Å². The van der Waals surface area contributed by atoms with Gasteiger partial charge in [0, 0.05) is 50.2 Å². The van der Waals surface area contributed by atoms with Gasteiger partial charge in [0.25, 0.3) is 0 Å². The number of ketones is 2. The van der Waals surface area contributed by atoms with Crippen molar-refractivity contribution in [1.82, 2.24) is 0 Å². The summed E-state index contributed by atoms with van der Waals surface area (Å²) in [5.41, 5.74) is 1.16. The molecular formula is C27H38O6. The van der Waals surface area contributed by atoms with Crippen molar-refractivity contribution < 1.29 is 30.0 Å². The average Bonchev–Trinajstić information content (AvgIpc) is 3.09. The summed E-state index contributed by atoms with van der Waals surface area (Å²) in [5.74, 6) is -0.949. The summed E-state index contributed by atoms with van der Waals surface area (Å²) in [5, 5.41) is 38.7. The summed E-state index contributed by atoms with van der Waals surface area (Å²) in [6, 6.07) is 9.93. The third kappa shape index (κ3) is 9.72. The topological polar surface area (TPSA) is 115 Å². The highest BCUT2D eigenvalue weighted by Gasteiger charge is 2.39. The number of Topliss-reactive ketones (excluding diaryl/α,β-unsaturated/α-hetero) is 2. The number of allylic oxidation sites excluding steroid dienone is 3. The zero-order chi connectivity index (χ0) is 24.1. The maximum atomic E-state index is 12.3. The molecule has 0 amide bonds. The van der Waals surface area contributed by atoms with E-state index in [0.29, 0.717) is 32.1 Å². The van der Waals surface area contributed by atoms with Crippen molar-refractivity contribution in [3.05, 3.63) is 60.2 Å². The quantitative estimate of drug-likeness (QED) is 0.237. The van der Waals surface area contributed by atoms with Crippen LogP contribution < -0.4 is 0 Å². The fraction of sp³-hybridized carbons (Fsp3) is 0.556. The van der Waals surface area contributed by atoms with Crippen molar-refractivity contribution in [3.63, 3.8) is 0 Å². The number of aryl methyl sites for hydroxylation is 1. The van der Waals surface area contributed by atoms with Gasteiger partial charge in [-0.1, -0.05) is 54.6 Å².